The van der Waals surface area contributed by atoms with E-state index in [4.69, 9.17) is 9.84 Å². The third kappa shape index (κ3) is 4.74. The van der Waals surface area contributed by atoms with Gasteiger partial charge in [-0.05, 0) is 47.5 Å². The van der Waals surface area contributed by atoms with E-state index < -0.39 is 6.10 Å². The standard InChI is InChI=1S/C24H23N3O4/c1-16(29)26-20-4-2-3-19(11-20)23-13-25-24-12-18(9-10-27(23)24)17-5-7-22(8-6-17)31-15-21(30)14-28/h2-13,21,28,30H,14-15H2,1H3,(H,26,29). The first-order chi connectivity index (χ1) is 15.0. The first kappa shape index (κ1) is 20.6. The van der Waals surface area contributed by atoms with Gasteiger partial charge in [-0.1, -0.05) is 24.3 Å². The van der Waals surface area contributed by atoms with Gasteiger partial charge < -0.3 is 20.3 Å². The van der Waals surface area contributed by atoms with Crippen LogP contribution in [-0.4, -0.2) is 44.8 Å². The fraction of sp³-hybridized carbons (Fsp3) is 0.167. The van der Waals surface area contributed by atoms with Crippen LogP contribution >= 0.6 is 0 Å². The highest BCUT2D eigenvalue weighted by atomic mass is 16.5. The molecule has 1 unspecified atom stereocenters. The van der Waals surface area contributed by atoms with Gasteiger partial charge in [-0.25, -0.2) is 4.98 Å². The molecule has 4 rings (SSSR count). The number of aliphatic hydroxyl groups excluding tert-OH is 2. The number of rotatable bonds is 7. The highest BCUT2D eigenvalue weighted by molar-refractivity contribution is 5.89. The van der Waals surface area contributed by atoms with Crippen molar-refractivity contribution in [3.63, 3.8) is 0 Å². The van der Waals surface area contributed by atoms with Crippen molar-refractivity contribution < 1.29 is 19.7 Å². The van der Waals surface area contributed by atoms with Gasteiger partial charge in [0.2, 0.25) is 5.91 Å². The average molecular weight is 417 g/mol. The first-order valence-electron chi connectivity index (χ1n) is 9.91. The number of imidazole rings is 1. The van der Waals surface area contributed by atoms with Gasteiger partial charge in [0.05, 0.1) is 18.5 Å². The van der Waals surface area contributed by atoms with Crippen LogP contribution in [0.15, 0.2) is 73.1 Å². The van der Waals surface area contributed by atoms with Crippen molar-refractivity contribution >= 4 is 17.2 Å². The lowest BCUT2D eigenvalue weighted by atomic mass is 10.1. The number of hydrogen-bond acceptors (Lipinski definition) is 5. The van der Waals surface area contributed by atoms with Crippen molar-refractivity contribution in [3.8, 4) is 28.1 Å². The van der Waals surface area contributed by atoms with Crippen molar-refractivity contribution in [2.45, 2.75) is 13.0 Å². The van der Waals surface area contributed by atoms with E-state index in [9.17, 15) is 9.90 Å². The Labute approximate surface area is 179 Å². The number of nitrogens with zero attached hydrogens (tertiary/aromatic N) is 2. The molecule has 0 aliphatic heterocycles. The highest BCUT2D eigenvalue weighted by Gasteiger charge is 2.09. The van der Waals surface area contributed by atoms with Gasteiger partial charge in [-0.15, -0.1) is 0 Å². The summed E-state index contributed by atoms with van der Waals surface area (Å²) >= 11 is 0. The van der Waals surface area contributed by atoms with Crippen LogP contribution in [0.1, 0.15) is 6.92 Å². The second-order valence-corrected chi connectivity index (χ2v) is 7.22. The molecule has 4 aromatic rings. The van der Waals surface area contributed by atoms with Gasteiger partial charge >= 0.3 is 0 Å². The van der Waals surface area contributed by atoms with Gasteiger partial charge in [-0.3, -0.25) is 9.20 Å². The minimum absolute atomic E-state index is 0.0434. The van der Waals surface area contributed by atoms with E-state index >= 15 is 0 Å². The predicted molar refractivity (Wildman–Crippen MR) is 119 cm³/mol. The van der Waals surface area contributed by atoms with Crippen molar-refractivity contribution in [1.29, 1.82) is 0 Å². The molecule has 0 saturated heterocycles. The number of anilines is 1. The summed E-state index contributed by atoms with van der Waals surface area (Å²) in [6.07, 6.45) is 2.89. The van der Waals surface area contributed by atoms with Gasteiger partial charge in [0.15, 0.2) is 0 Å². The summed E-state index contributed by atoms with van der Waals surface area (Å²) in [6, 6.07) is 19.2. The molecule has 0 bridgehead atoms. The Balaban J connectivity index is 1.57. The van der Waals surface area contributed by atoms with E-state index in [1.54, 1.807) is 0 Å². The van der Waals surface area contributed by atoms with Crippen molar-refractivity contribution in [3.05, 3.63) is 73.1 Å². The van der Waals surface area contributed by atoms with Crippen LogP contribution in [0.5, 0.6) is 5.75 Å². The topological polar surface area (TPSA) is 96.1 Å². The summed E-state index contributed by atoms with van der Waals surface area (Å²) in [6.45, 7) is 1.20. The molecule has 2 aromatic carbocycles. The number of aromatic nitrogens is 2. The molecule has 0 spiro atoms. The van der Waals surface area contributed by atoms with Gasteiger partial charge in [0.1, 0.15) is 24.1 Å². The van der Waals surface area contributed by atoms with E-state index in [2.05, 4.69) is 10.3 Å². The molecule has 7 nitrogen and oxygen atoms in total. The van der Waals surface area contributed by atoms with Crippen LogP contribution in [0.25, 0.3) is 28.0 Å². The SMILES string of the molecule is CC(=O)Nc1cccc(-c2cnc3cc(-c4ccc(OCC(O)CO)cc4)ccn23)c1. The fourth-order valence-electron chi connectivity index (χ4n) is 3.32. The molecular formula is C24H23N3O4. The summed E-state index contributed by atoms with van der Waals surface area (Å²) in [5.41, 5.74) is 5.46. The van der Waals surface area contributed by atoms with Crippen LogP contribution in [0.4, 0.5) is 5.69 Å². The van der Waals surface area contributed by atoms with Crippen LogP contribution in [0.3, 0.4) is 0 Å². The summed E-state index contributed by atoms with van der Waals surface area (Å²) in [5.74, 6) is 0.514. The Hall–Kier alpha value is -3.68. The number of amides is 1. The van der Waals surface area contributed by atoms with Gasteiger partial charge in [0, 0.05) is 24.4 Å². The first-order valence-corrected chi connectivity index (χ1v) is 9.91. The molecule has 0 radical (unpaired) electrons. The van der Waals surface area contributed by atoms with E-state index in [1.807, 2.05) is 77.5 Å². The smallest absolute Gasteiger partial charge is 0.221 e. The normalized spacial score (nSPS) is 12.0. The number of ether oxygens (including phenoxy) is 1. The summed E-state index contributed by atoms with van der Waals surface area (Å²) in [7, 11) is 0. The lowest BCUT2D eigenvalue weighted by molar-refractivity contribution is -0.114. The molecule has 2 heterocycles. The lowest BCUT2D eigenvalue weighted by Gasteiger charge is -2.10. The molecule has 0 saturated carbocycles. The number of carbonyl (C=O) groups excluding carboxylic acids is 1. The zero-order valence-corrected chi connectivity index (χ0v) is 17.0. The van der Waals surface area contributed by atoms with Crippen LogP contribution in [0.2, 0.25) is 0 Å². The molecule has 2 aromatic heterocycles. The number of benzene rings is 2. The predicted octanol–water partition coefficient (Wildman–Crippen LogP) is 3.36. The number of fused-ring (bicyclic) bond motifs is 1. The highest BCUT2D eigenvalue weighted by Crippen LogP contribution is 2.27. The third-order valence-electron chi connectivity index (χ3n) is 4.83. The number of pyridine rings is 1. The summed E-state index contributed by atoms with van der Waals surface area (Å²) in [4.78, 5) is 15.9. The number of carbonyl (C=O) groups is 1. The monoisotopic (exact) mass is 417 g/mol. The molecule has 1 amide bonds. The average Bonchev–Trinajstić information content (AvgIpc) is 3.21. The number of nitrogens with one attached hydrogen (secondary N) is 1. The Morgan fingerprint density at radius 2 is 1.90 bits per heavy atom. The maximum absolute atomic E-state index is 11.3. The van der Waals surface area contributed by atoms with Crippen molar-refractivity contribution in [1.82, 2.24) is 9.38 Å². The molecule has 1 atom stereocenters. The minimum Gasteiger partial charge on any atom is -0.491 e. The van der Waals surface area contributed by atoms with Crippen molar-refractivity contribution in [2.75, 3.05) is 18.5 Å². The molecule has 31 heavy (non-hydrogen) atoms. The lowest BCUT2D eigenvalue weighted by Crippen LogP contribution is -2.21. The Morgan fingerprint density at radius 3 is 2.65 bits per heavy atom. The summed E-state index contributed by atoms with van der Waals surface area (Å²) in [5, 5.41) is 21.1. The molecule has 0 aliphatic carbocycles. The number of hydrogen-bond donors (Lipinski definition) is 3. The maximum Gasteiger partial charge on any atom is 0.221 e. The Bertz CT molecular complexity index is 1200. The molecule has 0 fully saturated rings. The van der Waals surface area contributed by atoms with Crippen LogP contribution < -0.4 is 10.1 Å². The van der Waals surface area contributed by atoms with E-state index in [1.165, 1.54) is 6.92 Å². The summed E-state index contributed by atoms with van der Waals surface area (Å²) < 4.78 is 7.46. The maximum atomic E-state index is 11.3. The van der Waals surface area contributed by atoms with E-state index in [0.29, 0.717) is 5.75 Å². The molecule has 3 N–H and O–H groups in total. The zero-order chi connectivity index (χ0) is 21.8. The van der Waals surface area contributed by atoms with Crippen LogP contribution in [0, 0.1) is 0 Å². The van der Waals surface area contributed by atoms with E-state index in [0.717, 1.165) is 33.7 Å². The van der Waals surface area contributed by atoms with E-state index in [-0.39, 0.29) is 19.1 Å². The quantitative estimate of drug-likeness (QED) is 0.429. The molecule has 0 aliphatic rings. The number of aliphatic hydroxyl groups is 2. The minimum atomic E-state index is -0.893. The Morgan fingerprint density at radius 1 is 1.10 bits per heavy atom. The molecular weight excluding hydrogens is 394 g/mol. The van der Waals surface area contributed by atoms with Gasteiger partial charge in [-0.2, -0.15) is 0 Å². The van der Waals surface area contributed by atoms with Crippen LogP contribution in [-0.2, 0) is 4.79 Å². The third-order valence-corrected chi connectivity index (χ3v) is 4.83. The molecule has 158 valence electrons. The second kappa shape index (κ2) is 8.99. The molecule has 7 heteroatoms. The van der Waals surface area contributed by atoms with Crippen molar-refractivity contribution in [2.24, 2.45) is 0 Å². The zero-order valence-electron chi connectivity index (χ0n) is 17.0. The fourth-order valence-corrected chi connectivity index (χ4v) is 3.32. The van der Waals surface area contributed by atoms with Gasteiger partial charge in [0.25, 0.3) is 0 Å². The largest absolute Gasteiger partial charge is 0.491 e. The Kier molecular flexibility index (Phi) is 5.97. The second-order valence-electron chi connectivity index (χ2n) is 7.22.